The third-order valence-corrected chi connectivity index (χ3v) is 4.58. The fourth-order valence-corrected chi connectivity index (χ4v) is 3.25. The van der Waals surface area contributed by atoms with Crippen molar-refractivity contribution in [2.45, 2.75) is 44.8 Å². The van der Waals surface area contributed by atoms with Crippen LogP contribution in [-0.4, -0.2) is 31.1 Å². The van der Waals surface area contributed by atoms with Gasteiger partial charge in [-0.2, -0.15) is 0 Å². The molecule has 1 amide bonds. The van der Waals surface area contributed by atoms with E-state index in [4.69, 9.17) is 4.74 Å². The highest BCUT2D eigenvalue weighted by molar-refractivity contribution is 5.76. The minimum Gasteiger partial charge on any atom is -0.488 e. The van der Waals surface area contributed by atoms with Crippen LogP contribution in [0.15, 0.2) is 24.3 Å². The molecule has 21 heavy (non-hydrogen) atoms. The summed E-state index contributed by atoms with van der Waals surface area (Å²) < 4.78 is 5.84. The largest absolute Gasteiger partial charge is 0.488 e. The molecule has 2 N–H and O–H groups in total. The van der Waals surface area contributed by atoms with Gasteiger partial charge in [0, 0.05) is 18.9 Å². The van der Waals surface area contributed by atoms with Crippen LogP contribution in [0.3, 0.4) is 0 Å². The van der Waals surface area contributed by atoms with Crippen LogP contribution in [0.5, 0.6) is 5.75 Å². The molecule has 1 saturated heterocycles. The molecule has 4 nitrogen and oxygen atoms in total. The third-order valence-electron chi connectivity index (χ3n) is 4.58. The molecule has 1 aromatic carbocycles. The van der Waals surface area contributed by atoms with E-state index in [2.05, 4.69) is 23.6 Å². The molecular formula is C17H24N2O2. The third kappa shape index (κ3) is 3.56. The second-order valence-electron chi connectivity index (χ2n) is 6.24. The van der Waals surface area contributed by atoms with Crippen molar-refractivity contribution in [1.82, 2.24) is 10.6 Å². The predicted molar refractivity (Wildman–Crippen MR) is 82.4 cm³/mol. The lowest BCUT2D eigenvalue weighted by atomic mass is 9.90. The maximum Gasteiger partial charge on any atom is 0.221 e. The van der Waals surface area contributed by atoms with Crippen LogP contribution in [0.2, 0.25) is 0 Å². The Morgan fingerprint density at radius 2 is 2.29 bits per heavy atom. The minimum atomic E-state index is 0.0723. The molecular weight excluding hydrogens is 264 g/mol. The number of rotatable bonds is 4. The van der Waals surface area contributed by atoms with Crippen LogP contribution in [0.25, 0.3) is 0 Å². The number of piperidine rings is 1. The summed E-state index contributed by atoms with van der Waals surface area (Å²) in [5.41, 5.74) is 1.24. The molecule has 0 aromatic heterocycles. The molecule has 2 aliphatic heterocycles. The molecule has 1 aromatic rings. The quantitative estimate of drug-likeness (QED) is 0.889. The lowest BCUT2D eigenvalue weighted by Gasteiger charge is -2.29. The Labute approximate surface area is 126 Å². The monoisotopic (exact) mass is 288 g/mol. The van der Waals surface area contributed by atoms with Crippen LogP contribution < -0.4 is 15.4 Å². The van der Waals surface area contributed by atoms with Gasteiger partial charge in [-0.25, -0.2) is 0 Å². The van der Waals surface area contributed by atoms with Crippen molar-refractivity contribution in [2.24, 2.45) is 5.92 Å². The molecule has 3 atom stereocenters. The number of hydrogen-bond acceptors (Lipinski definition) is 3. The van der Waals surface area contributed by atoms with E-state index in [1.807, 2.05) is 18.2 Å². The molecule has 3 rings (SSSR count). The van der Waals surface area contributed by atoms with Crippen LogP contribution in [0, 0.1) is 5.92 Å². The number of amides is 1. The van der Waals surface area contributed by atoms with Crippen molar-refractivity contribution in [2.75, 3.05) is 13.1 Å². The summed E-state index contributed by atoms with van der Waals surface area (Å²) in [7, 11) is 0. The number of para-hydroxylation sites is 1. The fraction of sp³-hybridized carbons (Fsp3) is 0.588. The van der Waals surface area contributed by atoms with Gasteiger partial charge in [-0.3, -0.25) is 4.79 Å². The van der Waals surface area contributed by atoms with Gasteiger partial charge in [0.15, 0.2) is 0 Å². The molecule has 114 valence electrons. The molecule has 2 aliphatic rings. The standard InChI is InChI=1S/C17H24N2O2/c1-12-5-4-8-18-15(12)10-17(20)19-11-14-9-13-6-2-3-7-16(13)21-14/h2-3,6-7,12,14-15,18H,4-5,8-11H2,1H3,(H,19,20). The molecule has 0 aliphatic carbocycles. The van der Waals surface area contributed by atoms with E-state index < -0.39 is 0 Å². The average molecular weight is 288 g/mol. The zero-order valence-electron chi connectivity index (χ0n) is 12.6. The van der Waals surface area contributed by atoms with Crippen molar-refractivity contribution in [3.05, 3.63) is 29.8 Å². The second-order valence-corrected chi connectivity index (χ2v) is 6.24. The molecule has 0 spiro atoms. The Kier molecular flexibility index (Phi) is 4.44. The molecule has 0 bridgehead atoms. The molecule has 0 radical (unpaired) electrons. The predicted octanol–water partition coefficient (Wildman–Crippen LogP) is 1.88. The van der Waals surface area contributed by atoms with Crippen molar-refractivity contribution < 1.29 is 9.53 Å². The fourth-order valence-electron chi connectivity index (χ4n) is 3.25. The van der Waals surface area contributed by atoms with Gasteiger partial charge in [0.2, 0.25) is 5.91 Å². The Bertz CT molecular complexity index is 478. The van der Waals surface area contributed by atoms with Gasteiger partial charge < -0.3 is 15.4 Å². The summed E-state index contributed by atoms with van der Waals surface area (Å²) in [4.78, 5) is 12.1. The molecule has 3 unspecified atom stereocenters. The first-order valence-electron chi connectivity index (χ1n) is 7.97. The summed E-state index contributed by atoms with van der Waals surface area (Å²) in [5, 5.41) is 6.47. The number of carbonyl (C=O) groups is 1. The summed E-state index contributed by atoms with van der Waals surface area (Å²) in [6, 6.07) is 8.41. The second kappa shape index (κ2) is 6.48. The van der Waals surface area contributed by atoms with Crippen molar-refractivity contribution in [3.8, 4) is 5.75 Å². The van der Waals surface area contributed by atoms with Crippen molar-refractivity contribution in [1.29, 1.82) is 0 Å². The van der Waals surface area contributed by atoms with Gasteiger partial charge in [-0.05, 0) is 36.9 Å². The van der Waals surface area contributed by atoms with Crippen LogP contribution in [0.1, 0.15) is 31.7 Å². The summed E-state index contributed by atoms with van der Waals surface area (Å²) >= 11 is 0. The van der Waals surface area contributed by atoms with E-state index in [-0.39, 0.29) is 12.0 Å². The molecule has 0 saturated carbocycles. The average Bonchev–Trinajstić information content (AvgIpc) is 2.90. The zero-order valence-corrected chi connectivity index (χ0v) is 12.6. The summed E-state index contributed by atoms with van der Waals surface area (Å²) in [5.74, 6) is 1.66. The van der Waals surface area contributed by atoms with E-state index >= 15 is 0 Å². The van der Waals surface area contributed by atoms with E-state index in [0.717, 1.165) is 18.7 Å². The first-order valence-corrected chi connectivity index (χ1v) is 7.97. The van der Waals surface area contributed by atoms with E-state index in [0.29, 0.717) is 24.9 Å². The number of fused-ring (bicyclic) bond motifs is 1. The Morgan fingerprint density at radius 3 is 3.10 bits per heavy atom. The highest BCUT2D eigenvalue weighted by Gasteiger charge is 2.25. The van der Waals surface area contributed by atoms with Gasteiger partial charge in [0.05, 0.1) is 6.54 Å². The summed E-state index contributed by atoms with van der Waals surface area (Å²) in [6.45, 7) is 3.85. The molecule has 2 heterocycles. The highest BCUT2D eigenvalue weighted by atomic mass is 16.5. The zero-order chi connectivity index (χ0) is 14.7. The molecule has 4 heteroatoms. The topological polar surface area (TPSA) is 50.4 Å². The van der Waals surface area contributed by atoms with Crippen LogP contribution in [-0.2, 0) is 11.2 Å². The van der Waals surface area contributed by atoms with Gasteiger partial charge in [-0.1, -0.05) is 25.1 Å². The van der Waals surface area contributed by atoms with E-state index in [9.17, 15) is 4.79 Å². The van der Waals surface area contributed by atoms with Crippen LogP contribution >= 0.6 is 0 Å². The first kappa shape index (κ1) is 14.4. The normalized spacial score (nSPS) is 27.8. The lowest BCUT2D eigenvalue weighted by Crippen LogP contribution is -2.44. The number of benzene rings is 1. The minimum absolute atomic E-state index is 0.0723. The Balaban J connectivity index is 1.43. The smallest absolute Gasteiger partial charge is 0.221 e. The number of carbonyl (C=O) groups excluding carboxylic acids is 1. The number of hydrogen-bond donors (Lipinski definition) is 2. The first-order chi connectivity index (χ1) is 10.2. The van der Waals surface area contributed by atoms with Gasteiger partial charge in [0.1, 0.15) is 11.9 Å². The Morgan fingerprint density at radius 1 is 1.43 bits per heavy atom. The van der Waals surface area contributed by atoms with Gasteiger partial charge >= 0.3 is 0 Å². The van der Waals surface area contributed by atoms with E-state index in [1.165, 1.54) is 18.4 Å². The maximum absolute atomic E-state index is 12.1. The van der Waals surface area contributed by atoms with E-state index in [1.54, 1.807) is 0 Å². The highest BCUT2D eigenvalue weighted by Crippen LogP contribution is 2.27. The van der Waals surface area contributed by atoms with Gasteiger partial charge in [-0.15, -0.1) is 0 Å². The lowest BCUT2D eigenvalue weighted by molar-refractivity contribution is -0.122. The SMILES string of the molecule is CC1CCCNC1CC(=O)NCC1Cc2ccccc2O1. The Hall–Kier alpha value is -1.55. The van der Waals surface area contributed by atoms with Crippen molar-refractivity contribution >= 4 is 5.91 Å². The van der Waals surface area contributed by atoms with Crippen LogP contribution in [0.4, 0.5) is 0 Å². The van der Waals surface area contributed by atoms with Gasteiger partial charge in [0.25, 0.3) is 0 Å². The van der Waals surface area contributed by atoms with Crippen molar-refractivity contribution in [3.63, 3.8) is 0 Å². The molecule has 1 fully saturated rings. The number of ether oxygens (including phenoxy) is 1. The maximum atomic E-state index is 12.1. The summed E-state index contributed by atoms with van der Waals surface area (Å²) in [6.07, 6.45) is 3.96. The number of nitrogens with one attached hydrogen (secondary N) is 2.